The second-order valence-corrected chi connectivity index (χ2v) is 9.81. The molecule has 0 unspecified atom stereocenters. The van der Waals surface area contributed by atoms with Crippen LogP contribution in [0.2, 0.25) is 0 Å². The van der Waals surface area contributed by atoms with Gasteiger partial charge in [0, 0.05) is 18.1 Å². The van der Waals surface area contributed by atoms with E-state index < -0.39 is 15.6 Å². The summed E-state index contributed by atoms with van der Waals surface area (Å²) in [6, 6.07) is 11.1. The Kier molecular flexibility index (Phi) is 7.68. The van der Waals surface area contributed by atoms with Crippen molar-refractivity contribution in [3.05, 3.63) is 35.9 Å². The summed E-state index contributed by atoms with van der Waals surface area (Å²) in [5.74, 6) is 1.39. The Hall–Kier alpha value is -1.60. The van der Waals surface area contributed by atoms with Crippen LogP contribution in [0.25, 0.3) is 0 Å². The van der Waals surface area contributed by atoms with E-state index in [2.05, 4.69) is 50.7 Å². The quantitative estimate of drug-likeness (QED) is 0.490. The molecule has 0 heterocycles. The first-order valence-corrected chi connectivity index (χ1v) is 11.7. The average molecular weight is 395 g/mol. The fourth-order valence-corrected chi connectivity index (χ4v) is 4.69. The van der Waals surface area contributed by atoms with Crippen LogP contribution in [0.4, 0.5) is 0 Å². The number of benzene rings is 1. The topological polar surface area (TPSA) is 82.6 Å². The molecule has 6 nitrogen and oxygen atoms in total. The zero-order valence-electron chi connectivity index (χ0n) is 17.0. The molecule has 1 fully saturated rings. The second kappa shape index (κ2) is 9.55. The predicted molar refractivity (Wildman–Crippen MR) is 113 cm³/mol. The first kappa shape index (κ1) is 21.7. The average Bonchev–Trinajstić information content (AvgIpc) is 2.59. The largest absolute Gasteiger partial charge is 0.357 e. The molecule has 1 saturated carbocycles. The smallest absolute Gasteiger partial charge is 0.209 e. The highest BCUT2D eigenvalue weighted by atomic mass is 32.2. The number of hydrogen-bond donors (Lipinski definition) is 3. The van der Waals surface area contributed by atoms with Crippen molar-refractivity contribution in [3.63, 3.8) is 0 Å². The zero-order valence-corrected chi connectivity index (χ0v) is 17.8. The third kappa shape index (κ3) is 7.89. The molecule has 7 heteroatoms. The third-order valence-electron chi connectivity index (χ3n) is 4.78. The second-order valence-electron chi connectivity index (χ2n) is 8.06. The number of guanidine groups is 1. The van der Waals surface area contributed by atoms with Crippen molar-refractivity contribution in [2.75, 3.05) is 19.3 Å². The molecule has 2 rings (SSSR count). The molecule has 1 aromatic carbocycles. The Morgan fingerprint density at radius 3 is 2.33 bits per heavy atom. The van der Waals surface area contributed by atoms with E-state index >= 15 is 0 Å². The molecule has 0 aliphatic heterocycles. The van der Waals surface area contributed by atoms with Gasteiger partial charge in [-0.15, -0.1) is 0 Å². The highest BCUT2D eigenvalue weighted by molar-refractivity contribution is 7.88. The molecule has 0 atom stereocenters. The molecule has 0 aromatic heterocycles. The maximum Gasteiger partial charge on any atom is 0.209 e. The van der Waals surface area contributed by atoms with Gasteiger partial charge in [-0.25, -0.2) is 13.1 Å². The summed E-state index contributed by atoms with van der Waals surface area (Å²) in [5.41, 5.74) is 0.811. The van der Waals surface area contributed by atoms with E-state index in [4.69, 9.17) is 0 Å². The van der Waals surface area contributed by atoms with Gasteiger partial charge in [0.25, 0.3) is 0 Å². The molecule has 0 bridgehead atoms. The van der Waals surface area contributed by atoms with Gasteiger partial charge in [0.1, 0.15) is 0 Å². The van der Waals surface area contributed by atoms with E-state index in [1.807, 2.05) is 20.8 Å². The summed E-state index contributed by atoms with van der Waals surface area (Å²) in [5, 5.41) is 6.80. The van der Waals surface area contributed by atoms with Crippen LogP contribution in [0.3, 0.4) is 0 Å². The molecular formula is C20H34N4O2S. The summed E-state index contributed by atoms with van der Waals surface area (Å²) in [6.07, 6.45) is 5.72. The minimum absolute atomic E-state index is 0.370. The van der Waals surface area contributed by atoms with E-state index in [0.717, 1.165) is 25.3 Å². The van der Waals surface area contributed by atoms with Crippen LogP contribution in [-0.2, 0) is 10.0 Å². The van der Waals surface area contributed by atoms with Crippen molar-refractivity contribution in [1.82, 2.24) is 15.4 Å². The molecule has 152 valence electrons. The van der Waals surface area contributed by atoms with Crippen molar-refractivity contribution in [2.24, 2.45) is 4.99 Å². The fraction of sp³-hybridized carbons (Fsp3) is 0.650. The van der Waals surface area contributed by atoms with Crippen LogP contribution >= 0.6 is 0 Å². The van der Waals surface area contributed by atoms with Crippen molar-refractivity contribution in [2.45, 2.75) is 64.0 Å². The van der Waals surface area contributed by atoms with Gasteiger partial charge in [-0.05, 0) is 57.9 Å². The van der Waals surface area contributed by atoms with Gasteiger partial charge < -0.3 is 10.6 Å². The predicted octanol–water partition coefficient (Wildman–Crippen LogP) is 2.60. The first-order valence-electron chi connectivity index (χ1n) is 9.77. The molecule has 0 saturated heterocycles. The van der Waals surface area contributed by atoms with E-state index in [1.165, 1.54) is 24.7 Å². The number of aliphatic imine (C=N–C) groups is 1. The Labute approximate surface area is 164 Å². The van der Waals surface area contributed by atoms with Gasteiger partial charge in [-0.2, -0.15) is 0 Å². The zero-order chi connectivity index (χ0) is 19.9. The lowest BCUT2D eigenvalue weighted by molar-refractivity contribution is 0.370. The highest BCUT2D eigenvalue weighted by Crippen LogP contribution is 2.32. The van der Waals surface area contributed by atoms with Gasteiger partial charge >= 0.3 is 0 Å². The highest BCUT2D eigenvalue weighted by Gasteiger charge is 2.24. The summed E-state index contributed by atoms with van der Waals surface area (Å²) < 4.78 is 25.6. The number of rotatable bonds is 7. The maximum atomic E-state index is 11.5. The standard InChI is InChI=1S/C20H34N4O2S/c1-5-21-19(22-15-20(2,3)24-27(4,25)26)23-18-13-11-17(12-14-18)16-9-7-6-8-10-16/h6-10,17-18,24H,5,11-15H2,1-4H3,(H2,21,22,23). The summed E-state index contributed by atoms with van der Waals surface area (Å²) in [6.45, 7) is 6.85. The van der Waals surface area contributed by atoms with Crippen LogP contribution in [0.1, 0.15) is 57.9 Å². The number of nitrogens with one attached hydrogen (secondary N) is 3. The molecule has 1 aliphatic rings. The Morgan fingerprint density at radius 2 is 1.78 bits per heavy atom. The van der Waals surface area contributed by atoms with Gasteiger partial charge in [0.2, 0.25) is 10.0 Å². The van der Waals surface area contributed by atoms with E-state index in [9.17, 15) is 8.42 Å². The Balaban J connectivity index is 1.90. The molecule has 3 N–H and O–H groups in total. The first-order chi connectivity index (χ1) is 12.7. The number of sulfonamides is 1. The van der Waals surface area contributed by atoms with E-state index in [1.54, 1.807) is 0 Å². The molecule has 27 heavy (non-hydrogen) atoms. The lowest BCUT2D eigenvalue weighted by Gasteiger charge is -2.31. The Bertz CT molecular complexity index is 709. The minimum atomic E-state index is -3.26. The monoisotopic (exact) mass is 394 g/mol. The van der Waals surface area contributed by atoms with Gasteiger partial charge in [0.15, 0.2) is 5.96 Å². The van der Waals surface area contributed by atoms with Crippen LogP contribution in [0, 0.1) is 0 Å². The van der Waals surface area contributed by atoms with E-state index in [0.29, 0.717) is 18.5 Å². The van der Waals surface area contributed by atoms with Crippen LogP contribution in [-0.4, -0.2) is 45.3 Å². The molecule has 0 amide bonds. The van der Waals surface area contributed by atoms with Crippen molar-refractivity contribution in [1.29, 1.82) is 0 Å². The van der Waals surface area contributed by atoms with Crippen LogP contribution < -0.4 is 15.4 Å². The van der Waals surface area contributed by atoms with Gasteiger partial charge in [0.05, 0.1) is 12.8 Å². The number of nitrogens with zero attached hydrogens (tertiary/aromatic N) is 1. The summed E-state index contributed by atoms with van der Waals surface area (Å²) in [7, 11) is -3.26. The normalized spacial score (nSPS) is 21.7. The Morgan fingerprint density at radius 1 is 1.15 bits per heavy atom. The fourth-order valence-electron chi connectivity index (χ4n) is 3.62. The molecule has 1 aliphatic carbocycles. The van der Waals surface area contributed by atoms with Crippen LogP contribution in [0.5, 0.6) is 0 Å². The van der Waals surface area contributed by atoms with Gasteiger partial charge in [-0.1, -0.05) is 30.3 Å². The minimum Gasteiger partial charge on any atom is -0.357 e. The van der Waals surface area contributed by atoms with Crippen molar-refractivity contribution >= 4 is 16.0 Å². The van der Waals surface area contributed by atoms with Crippen molar-refractivity contribution in [3.8, 4) is 0 Å². The SMILES string of the molecule is CCNC(=NCC(C)(C)NS(C)(=O)=O)NC1CCC(c2ccccc2)CC1. The summed E-state index contributed by atoms with van der Waals surface area (Å²) >= 11 is 0. The number of hydrogen-bond acceptors (Lipinski definition) is 3. The molecule has 0 radical (unpaired) electrons. The third-order valence-corrected chi connectivity index (χ3v) is 5.70. The van der Waals surface area contributed by atoms with Crippen LogP contribution in [0.15, 0.2) is 35.3 Å². The molecule has 1 aromatic rings. The molecular weight excluding hydrogens is 360 g/mol. The lowest BCUT2D eigenvalue weighted by Crippen LogP contribution is -2.48. The van der Waals surface area contributed by atoms with E-state index in [-0.39, 0.29) is 0 Å². The maximum absolute atomic E-state index is 11.5. The lowest BCUT2D eigenvalue weighted by atomic mass is 9.82. The van der Waals surface area contributed by atoms with Crippen molar-refractivity contribution < 1.29 is 8.42 Å². The molecule has 0 spiro atoms. The van der Waals surface area contributed by atoms with Gasteiger partial charge in [-0.3, -0.25) is 4.99 Å². The summed E-state index contributed by atoms with van der Waals surface area (Å²) in [4.78, 5) is 4.61.